The fourth-order valence-electron chi connectivity index (χ4n) is 3.50. The number of carbonyl (C=O) groups is 2. The fourth-order valence-corrected chi connectivity index (χ4v) is 3.50. The lowest BCUT2D eigenvalue weighted by Gasteiger charge is -2.35. The third-order valence-corrected chi connectivity index (χ3v) is 5.23. The lowest BCUT2D eigenvalue weighted by molar-refractivity contribution is 0.0746. The first-order chi connectivity index (χ1) is 14.7. The smallest absolute Gasteiger partial charge is 0.253 e. The Morgan fingerprint density at radius 2 is 1.50 bits per heavy atom. The van der Waals surface area contributed by atoms with Gasteiger partial charge in [-0.2, -0.15) is 0 Å². The lowest BCUT2D eigenvalue weighted by Crippen LogP contribution is -2.49. The topological polar surface area (TPSA) is 65.5 Å². The van der Waals surface area contributed by atoms with E-state index >= 15 is 0 Å². The van der Waals surface area contributed by atoms with Gasteiger partial charge in [-0.1, -0.05) is 36.4 Å². The van der Waals surface area contributed by atoms with Crippen molar-refractivity contribution in [3.8, 4) is 0 Å². The lowest BCUT2D eigenvalue weighted by atomic mass is 10.1. The van der Waals surface area contributed by atoms with Crippen LogP contribution in [0, 0.1) is 0 Å². The van der Waals surface area contributed by atoms with Crippen LogP contribution in [-0.2, 0) is 6.54 Å². The summed E-state index contributed by atoms with van der Waals surface area (Å²) in [5.74, 6) is 0.878. The van der Waals surface area contributed by atoms with Gasteiger partial charge in [0.05, 0.1) is 0 Å². The van der Waals surface area contributed by atoms with Crippen molar-refractivity contribution < 1.29 is 9.59 Å². The molecule has 3 aromatic rings. The van der Waals surface area contributed by atoms with Crippen LogP contribution in [0.3, 0.4) is 0 Å². The first-order valence-electron chi connectivity index (χ1n) is 10.1. The summed E-state index contributed by atoms with van der Waals surface area (Å²) >= 11 is 0. The minimum Gasteiger partial charge on any atom is -0.353 e. The molecule has 0 aliphatic carbocycles. The molecule has 0 saturated carbocycles. The van der Waals surface area contributed by atoms with Crippen LogP contribution in [0.5, 0.6) is 0 Å². The minimum absolute atomic E-state index is 0.0375. The summed E-state index contributed by atoms with van der Waals surface area (Å²) in [7, 11) is 0. The number of rotatable bonds is 5. The number of hydrogen-bond donors (Lipinski definition) is 1. The summed E-state index contributed by atoms with van der Waals surface area (Å²) < 4.78 is 0. The summed E-state index contributed by atoms with van der Waals surface area (Å²) in [5, 5.41) is 2.90. The summed E-state index contributed by atoms with van der Waals surface area (Å²) in [6, 6.07) is 22.4. The van der Waals surface area contributed by atoms with E-state index < -0.39 is 0 Å². The Kier molecular flexibility index (Phi) is 6.03. The molecule has 1 saturated heterocycles. The fraction of sp³-hybridized carbons (Fsp3) is 0.208. The van der Waals surface area contributed by atoms with Gasteiger partial charge in [-0.05, 0) is 42.0 Å². The summed E-state index contributed by atoms with van der Waals surface area (Å²) in [4.78, 5) is 33.4. The van der Waals surface area contributed by atoms with Gasteiger partial charge in [0, 0.05) is 50.0 Å². The standard InChI is InChI=1S/C24H24N4O2/c29-23(20-6-2-1-3-7-20)26-18-19-9-11-21(12-10-19)24(30)28-16-14-27(15-17-28)22-8-4-5-13-25-22/h1-13H,14-18H2,(H,26,29). The number of benzene rings is 2. The van der Waals surface area contributed by atoms with Gasteiger partial charge >= 0.3 is 0 Å². The zero-order valence-electron chi connectivity index (χ0n) is 16.7. The van der Waals surface area contributed by atoms with Gasteiger partial charge in [-0.3, -0.25) is 9.59 Å². The van der Waals surface area contributed by atoms with Crippen molar-refractivity contribution in [2.75, 3.05) is 31.1 Å². The number of pyridine rings is 1. The van der Waals surface area contributed by atoms with Crippen LogP contribution in [-0.4, -0.2) is 47.9 Å². The molecule has 2 heterocycles. The Hall–Kier alpha value is -3.67. The SMILES string of the molecule is O=C(NCc1ccc(C(=O)N2CCN(c3ccccn3)CC2)cc1)c1ccccc1. The van der Waals surface area contributed by atoms with E-state index in [2.05, 4.69) is 15.2 Å². The number of nitrogens with zero attached hydrogens (tertiary/aromatic N) is 3. The van der Waals surface area contributed by atoms with E-state index in [1.807, 2.05) is 65.6 Å². The molecule has 0 unspecified atom stereocenters. The van der Waals surface area contributed by atoms with Crippen LogP contribution in [0.15, 0.2) is 79.0 Å². The van der Waals surface area contributed by atoms with E-state index in [1.165, 1.54) is 0 Å². The van der Waals surface area contributed by atoms with Crippen molar-refractivity contribution in [2.45, 2.75) is 6.54 Å². The van der Waals surface area contributed by atoms with Crippen LogP contribution < -0.4 is 10.2 Å². The maximum Gasteiger partial charge on any atom is 0.253 e. The molecular weight excluding hydrogens is 376 g/mol. The molecule has 1 aliphatic rings. The van der Waals surface area contributed by atoms with E-state index in [1.54, 1.807) is 18.3 Å². The van der Waals surface area contributed by atoms with Crippen molar-refractivity contribution >= 4 is 17.6 Å². The molecule has 0 atom stereocenters. The van der Waals surface area contributed by atoms with Gasteiger partial charge in [-0.25, -0.2) is 4.98 Å². The van der Waals surface area contributed by atoms with Gasteiger partial charge in [0.1, 0.15) is 5.82 Å². The highest BCUT2D eigenvalue weighted by atomic mass is 16.2. The molecular formula is C24H24N4O2. The molecule has 30 heavy (non-hydrogen) atoms. The Bertz CT molecular complexity index is 983. The third-order valence-electron chi connectivity index (χ3n) is 5.23. The molecule has 6 heteroatoms. The number of carbonyl (C=O) groups excluding carboxylic acids is 2. The van der Waals surface area contributed by atoms with E-state index in [9.17, 15) is 9.59 Å². The van der Waals surface area contributed by atoms with Crippen LogP contribution in [0.4, 0.5) is 5.82 Å². The van der Waals surface area contributed by atoms with Gasteiger partial charge < -0.3 is 15.1 Å². The molecule has 0 radical (unpaired) electrons. The molecule has 4 rings (SSSR count). The maximum atomic E-state index is 12.8. The maximum absolute atomic E-state index is 12.8. The van der Waals surface area contributed by atoms with Crippen LogP contribution >= 0.6 is 0 Å². The number of aromatic nitrogens is 1. The normalized spacial score (nSPS) is 13.7. The number of piperazine rings is 1. The Morgan fingerprint density at radius 1 is 0.800 bits per heavy atom. The molecule has 1 N–H and O–H groups in total. The second-order valence-electron chi connectivity index (χ2n) is 7.21. The summed E-state index contributed by atoms with van der Waals surface area (Å²) in [6.45, 7) is 3.30. The predicted octanol–water partition coefficient (Wildman–Crippen LogP) is 2.97. The number of nitrogens with one attached hydrogen (secondary N) is 1. The average molecular weight is 400 g/mol. The van der Waals surface area contributed by atoms with Crippen molar-refractivity contribution in [3.05, 3.63) is 95.7 Å². The van der Waals surface area contributed by atoms with Crippen LogP contribution in [0.25, 0.3) is 0 Å². The average Bonchev–Trinajstić information content (AvgIpc) is 2.83. The predicted molar refractivity (Wildman–Crippen MR) is 116 cm³/mol. The van der Waals surface area contributed by atoms with Crippen molar-refractivity contribution in [3.63, 3.8) is 0 Å². The molecule has 6 nitrogen and oxygen atoms in total. The van der Waals surface area contributed by atoms with E-state index in [0.717, 1.165) is 24.5 Å². The highest BCUT2D eigenvalue weighted by Crippen LogP contribution is 2.15. The summed E-state index contributed by atoms with van der Waals surface area (Å²) in [6.07, 6.45) is 1.79. The second kappa shape index (κ2) is 9.22. The third kappa shape index (κ3) is 4.66. The second-order valence-corrected chi connectivity index (χ2v) is 7.21. The molecule has 0 bridgehead atoms. The van der Waals surface area contributed by atoms with Crippen molar-refractivity contribution in [1.29, 1.82) is 0 Å². The van der Waals surface area contributed by atoms with Crippen LogP contribution in [0.2, 0.25) is 0 Å². The quantitative estimate of drug-likeness (QED) is 0.715. The molecule has 2 aromatic carbocycles. The Labute approximate surface area is 176 Å². The molecule has 1 fully saturated rings. The number of amides is 2. The van der Waals surface area contributed by atoms with E-state index in [-0.39, 0.29) is 11.8 Å². The van der Waals surface area contributed by atoms with Gasteiger partial charge in [0.15, 0.2) is 0 Å². The first kappa shape index (κ1) is 19.6. The number of anilines is 1. The molecule has 2 amide bonds. The largest absolute Gasteiger partial charge is 0.353 e. The molecule has 1 aliphatic heterocycles. The minimum atomic E-state index is -0.110. The highest BCUT2D eigenvalue weighted by Gasteiger charge is 2.22. The Morgan fingerprint density at radius 3 is 2.17 bits per heavy atom. The van der Waals surface area contributed by atoms with Crippen molar-refractivity contribution in [1.82, 2.24) is 15.2 Å². The molecule has 1 aromatic heterocycles. The van der Waals surface area contributed by atoms with Gasteiger partial charge in [0.2, 0.25) is 0 Å². The van der Waals surface area contributed by atoms with Crippen LogP contribution in [0.1, 0.15) is 26.3 Å². The van der Waals surface area contributed by atoms with E-state index in [4.69, 9.17) is 0 Å². The summed E-state index contributed by atoms with van der Waals surface area (Å²) in [5.41, 5.74) is 2.25. The zero-order chi connectivity index (χ0) is 20.8. The molecule has 0 spiro atoms. The first-order valence-corrected chi connectivity index (χ1v) is 10.1. The molecule has 152 valence electrons. The van der Waals surface area contributed by atoms with Crippen molar-refractivity contribution in [2.24, 2.45) is 0 Å². The van der Waals surface area contributed by atoms with Gasteiger partial charge in [-0.15, -0.1) is 0 Å². The van der Waals surface area contributed by atoms with E-state index in [0.29, 0.717) is 30.8 Å². The monoisotopic (exact) mass is 400 g/mol. The van der Waals surface area contributed by atoms with Gasteiger partial charge in [0.25, 0.3) is 11.8 Å². The zero-order valence-corrected chi connectivity index (χ0v) is 16.7. The Balaban J connectivity index is 1.30. The highest BCUT2D eigenvalue weighted by molar-refractivity contribution is 5.95. The number of hydrogen-bond acceptors (Lipinski definition) is 4.